The fraction of sp³-hybridized carbons (Fsp3) is 0.0667. The summed E-state index contributed by atoms with van der Waals surface area (Å²) >= 11 is 0. The Labute approximate surface area is 100.0 Å². The molecule has 3 rings (SSSR count). The Hall–Kier alpha value is -2.22. The number of hydrogen-bond acceptors (Lipinski definition) is 2. The highest BCUT2D eigenvalue weighted by Crippen LogP contribution is 2.26. The van der Waals surface area contributed by atoms with Gasteiger partial charge in [-0.3, -0.25) is 9.97 Å². The molecular weight excluding hydrogens is 208 g/mol. The van der Waals surface area contributed by atoms with Crippen molar-refractivity contribution in [3.63, 3.8) is 0 Å². The number of aromatic nitrogens is 2. The second kappa shape index (κ2) is 3.98. The lowest BCUT2D eigenvalue weighted by molar-refractivity contribution is 1.29. The van der Waals surface area contributed by atoms with Crippen LogP contribution in [0.25, 0.3) is 22.2 Å². The first kappa shape index (κ1) is 9.97. The van der Waals surface area contributed by atoms with Crippen LogP contribution in [0.5, 0.6) is 0 Å². The first-order valence-electron chi connectivity index (χ1n) is 5.61. The number of aryl methyl sites for hydroxylation is 1. The van der Waals surface area contributed by atoms with E-state index >= 15 is 0 Å². The summed E-state index contributed by atoms with van der Waals surface area (Å²) in [5, 5.41) is 0. The van der Waals surface area contributed by atoms with Crippen LogP contribution in [0.2, 0.25) is 0 Å². The molecule has 0 amide bonds. The number of benzene rings is 2. The van der Waals surface area contributed by atoms with Gasteiger partial charge in [0.1, 0.15) is 0 Å². The highest BCUT2D eigenvalue weighted by molar-refractivity contribution is 5.91. The van der Waals surface area contributed by atoms with Gasteiger partial charge in [-0.05, 0) is 18.6 Å². The molecule has 0 N–H and O–H groups in total. The largest absolute Gasteiger partial charge is 0.253 e. The molecule has 1 aromatic heterocycles. The van der Waals surface area contributed by atoms with Crippen molar-refractivity contribution in [1.82, 2.24) is 9.97 Å². The number of hydrogen-bond donors (Lipinski definition) is 0. The molecule has 2 aromatic carbocycles. The standard InChI is InChI=1S/C15H12N2/c1-11-4-2-5-12(10-11)13-6-3-7-14-15(13)17-9-8-16-14/h2-10H,1H3. The molecule has 0 aliphatic carbocycles. The molecule has 2 nitrogen and oxygen atoms in total. The minimum atomic E-state index is 0.937. The monoisotopic (exact) mass is 220 g/mol. The van der Waals surface area contributed by atoms with E-state index in [1.165, 1.54) is 11.1 Å². The van der Waals surface area contributed by atoms with E-state index in [9.17, 15) is 0 Å². The predicted molar refractivity (Wildman–Crippen MR) is 69.7 cm³/mol. The predicted octanol–water partition coefficient (Wildman–Crippen LogP) is 3.61. The third kappa shape index (κ3) is 1.78. The van der Waals surface area contributed by atoms with E-state index in [0.717, 1.165) is 16.6 Å². The Balaban J connectivity index is 2.30. The van der Waals surface area contributed by atoms with Crippen LogP contribution in [0.4, 0.5) is 0 Å². The lowest BCUT2D eigenvalue weighted by Gasteiger charge is -2.05. The van der Waals surface area contributed by atoms with E-state index in [1.54, 1.807) is 12.4 Å². The minimum absolute atomic E-state index is 0.937. The fourth-order valence-corrected chi connectivity index (χ4v) is 2.04. The highest BCUT2D eigenvalue weighted by Gasteiger charge is 2.04. The Bertz CT molecular complexity index is 669. The van der Waals surface area contributed by atoms with Crippen molar-refractivity contribution in [2.45, 2.75) is 6.92 Å². The van der Waals surface area contributed by atoms with E-state index in [4.69, 9.17) is 0 Å². The second-order valence-corrected chi connectivity index (χ2v) is 4.10. The van der Waals surface area contributed by atoms with Crippen molar-refractivity contribution in [1.29, 1.82) is 0 Å². The van der Waals surface area contributed by atoms with Crippen LogP contribution < -0.4 is 0 Å². The lowest BCUT2D eigenvalue weighted by atomic mass is 10.0. The zero-order chi connectivity index (χ0) is 11.7. The fourth-order valence-electron chi connectivity index (χ4n) is 2.04. The summed E-state index contributed by atoms with van der Waals surface area (Å²) < 4.78 is 0. The molecule has 0 spiro atoms. The molecule has 3 aromatic rings. The Morgan fingerprint density at radius 1 is 0.882 bits per heavy atom. The molecular formula is C15H12N2. The van der Waals surface area contributed by atoms with Gasteiger partial charge in [0.25, 0.3) is 0 Å². The maximum absolute atomic E-state index is 4.42. The van der Waals surface area contributed by atoms with Crippen LogP contribution >= 0.6 is 0 Å². The molecule has 0 fully saturated rings. The number of fused-ring (bicyclic) bond motifs is 1. The van der Waals surface area contributed by atoms with Gasteiger partial charge in [-0.2, -0.15) is 0 Å². The number of para-hydroxylation sites is 1. The summed E-state index contributed by atoms with van der Waals surface area (Å²) in [6.07, 6.45) is 3.46. The molecule has 2 heteroatoms. The Morgan fingerprint density at radius 3 is 2.59 bits per heavy atom. The first-order valence-corrected chi connectivity index (χ1v) is 5.61. The molecule has 0 radical (unpaired) electrons. The van der Waals surface area contributed by atoms with Crippen LogP contribution in [0.3, 0.4) is 0 Å². The van der Waals surface area contributed by atoms with Crippen molar-refractivity contribution < 1.29 is 0 Å². The van der Waals surface area contributed by atoms with Gasteiger partial charge in [-0.1, -0.05) is 42.0 Å². The van der Waals surface area contributed by atoms with Crippen LogP contribution in [0, 0.1) is 6.92 Å². The average Bonchev–Trinajstić information content (AvgIpc) is 2.38. The Morgan fingerprint density at radius 2 is 1.71 bits per heavy atom. The summed E-state index contributed by atoms with van der Waals surface area (Å²) in [5.41, 5.74) is 5.48. The Kier molecular flexibility index (Phi) is 2.33. The van der Waals surface area contributed by atoms with E-state index in [1.807, 2.05) is 12.1 Å². The SMILES string of the molecule is Cc1cccc(-c2cccc3nccnc23)c1. The maximum Gasteiger partial charge on any atom is 0.0965 e. The summed E-state index contributed by atoms with van der Waals surface area (Å²) in [4.78, 5) is 8.75. The summed E-state index contributed by atoms with van der Waals surface area (Å²) in [6, 6.07) is 14.5. The normalized spacial score (nSPS) is 10.6. The van der Waals surface area contributed by atoms with Gasteiger partial charge < -0.3 is 0 Å². The molecule has 1 heterocycles. The number of nitrogens with zero attached hydrogens (tertiary/aromatic N) is 2. The first-order chi connectivity index (χ1) is 8.34. The summed E-state index contributed by atoms with van der Waals surface area (Å²) in [5.74, 6) is 0. The van der Waals surface area contributed by atoms with Crippen LogP contribution in [-0.2, 0) is 0 Å². The van der Waals surface area contributed by atoms with Crippen molar-refractivity contribution in [3.8, 4) is 11.1 Å². The summed E-state index contributed by atoms with van der Waals surface area (Å²) in [6.45, 7) is 2.10. The van der Waals surface area contributed by atoms with Gasteiger partial charge in [0, 0.05) is 18.0 Å². The van der Waals surface area contributed by atoms with Crippen molar-refractivity contribution >= 4 is 11.0 Å². The smallest absolute Gasteiger partial charge is 0.0965 e. The zero-order valence-corrected chi connectivity index (χ0v) is 9.59. The highest BCUT2D eigenvalue weighted by atomic mass is 14.8. The van der Waals surface area contributed by atoms with Gasteiger partial charge in [0.05, 0.1) is 11.0 Å². The molecule has 0 saturated carbocycles. The van der Waals surface area contributed by atoms with E-state index in [-0.39, 0.29) is 0 Å². The molecule has 0 unspecified atom stereocenters. The molecule has 0 saturated heterocycles. The topological polar surface area (TPSA) is 25.8 Å². The average molecular weight is 220 g/mol. The van der Waals surface area contributed by atoms with E-state index < -0.39 is 0 Å². The van der Waals surface area contributed by atoms with E-state index in [0.29, 0.717) is 0 Å². The van der Waals surface area contributed by atoms with Gasteiger partial charge in [-0.15, -0.1) is 0 Å². The number of rotatable bonds is 1. The molecule has 17 heavy (non-hydrogen) atoms. The maximum atomic E-state index is 4.42. The van der Waals surface area contributed by atoms with Crippen LogP contribution in [0.15, 0.2) is 54.9 Å². The third-order valence-corrected chi connectivity index (χ3v) is 2.83. The van der Waals surface area contributed by atoms with Crippen molar-refractivity contribution in [2.24, 2.45) is 0 Å². The molecule has 0 atom stereocenters. The lowest BCUT2D eigenvalue weighted by Crippen LogP contribution is -1.87. The van der Waals surface area contributed by atoms with E-state index in [2.05, 4.69) is 47.2 Å². The van der Waals surface area contributed by atoms with Crippen LogP contribution in [0.1, 0.15) is 5.56 Å². The molecule has 0 bridgehead atoms. The molecule has 0 aliphatic heterocycles. The zero-order valence-electron chi connectivity index (χ0n) is 9.59. The van der Waals surface area contributed by atoms with Crippen molar-refractivity contribution in [3.05, 3.63) is 60.4 Å². The van der Waals surface area contributed by atoms with Gasteiger partial charge in [0.15, 0.2) is 0 Å². The molecule has 82 valence electrons. The summed E-state index contributed by atoms with van der Waals surface area (Å²) in [7, 11) is 0. The van der Waals surface area contributed by atoms with Gasteiger partial charge in [0.2, 0.25) is 0 Å². The quantitative estimate of drug-likeness (QED) is 0.626. The van der Waals surface area contributed by atoms with Gasteiger partial charge in [-0.25, -0.2) is 0 Å². The second-order valence-electron chi connectivity index (χ2n) is 4.10. The van der Waals surface area contributed by atoms with Crippen molar-refractivity contribution in [2.75, 3.05) is 0 Å². The molecule has 0 aliphatic rings. The third-order valence-electron chi connectivity index (χ3n) is 2.83. The minimum Gasteiger partial charge on any atom is -0.253 e. The van der Waals surface area contributed by atoms with Gasteiger partial charge >= 0.3 is 0 Å². The van der Waals surface area contributed by atoms with Crippen LogP contribution in [-0.4, -0.2) is 9.97 Å².